The van der Waals surface area contributed by atoms with Crippen LogP contribution in [0.4, 0.5) is 15.8 Å². The fraction of sp³-hybridized carbons (Fsp3) is 0.250. The number of nitrogens with two attached hydrogens (primary N) is 1. The Morgan fingerprint density at radius 3 is 2.36 bits per heavy atom. The second-order valence-corrected chi connectivity index (χ2v) is 8.41. The Hall–Kier alpha value is -4.01. The number of β-lactam (4-membered cyclic amide) rings is 1. The predicted octanol–water partition coefficient (Wildman–Crippen LogP) is 2.67. The number of hydrogen-bond acceptors (Lipinski definition) is 4. The minimum absolute atomic E-state index is 0.0164. The Bertz CT molecular complexity index is 1330. The van der Waals surface area contributed by atoms with E-state index in [9.17, 15) is 18.8 Å². The zero-order valence-corrected chi connectivity index (χ0v) is 18.3. The summed E-state index contributed by atoms with van der Waals surface area (Å²) >= 11 is 0. The number of aryl methyl sites for hydroxylation is 2. The van der Waals surface area contributed by atoms with Gasteiger partial charge in [-0.15, -0.1) is 0 Å². The molecule has 0 radical (unpaired) electrons. The Balaban J connectivity index is 1.58. The van der Waals surface area contributed by atoms with Gasteiger partial charge in [0.05, 0.1) is 5.69 Å². The normalized spacial score (nSPS) is 15.5. The monoisotopic (exact) mass is 447 g/mol. The average Bonchev–Trinajstić information content (AvgIpc) is 3.15. The second kappa shape index (κ2) is 7.54. The van der Waals surface area contributed by atoms with Gasteiger partial charge in [-0.25, -0.2) is 9.07 Å². The fourth-order valence-corrected chi connectivity index (χ4v) is 4.51. The number of hydrogen-bond donors (Lipinski definition) is 1. The maximum Gasteiger partial charge on any atom is 0.277 e. The third-order valence-corrected chi connectivity index (χ3v) is 6.15. The first kappa shape index (κ1) is 20.9. The smallest absolute Gasteiger partial charge is 0.277 e. The van der Waals surface area contributed by atoms with Gasteiger partial charge in [0.15, 0.2) is 5.69 Å². The molecule has 2 aliphatic rings. The summed E-state index contributed by atoms with van der Waals surface area (Å²) in [6, 6.07) is 9.84. The van der Waals surface area contributed by atoms with E-state index in [2.05, 4.69) is 5.10 Å². The minimum Gasteiger partial charge on any atom is -0.364 e. The van der Waals surface area contributed by atoms with Crippen LogP contribution < -0.4 is 15.5 Å². The zero-order chi connectivity index (χ0) is 23.4. The lowest BCUT2D eigenvalue weighted by Crippen LogP contribution is -2.44. The molecule has 1 aromatic heterocycles. The molecule has 3 amide bonds. The van der Waals surface area contributed by atoms with E-state index in [1.807, 2.05) is 19.1 Å². The number of carbonyl (C=O) groups is 3. The molecule has 33 heavy (non-hydrogen) atoms. The topological polar surface area (TPSA) is 102 Å². The molecule has 0 bridgehead atoms. The number of amides is 3. The number of primary amides is 1. The van der Waals surface area contributed by atoms with Gasteiger partial charge in [0.1, 0.15) is 11.5 Å². The highest BCUT2D eigenvalue weighted by molar-refractivity contribution is 6.10. The molecule has 2 aliphatic heterocycles. The number of aromatic nitrogens is 2. The largest absolute Gasteiger partial charge is 0.364 e. The predicted molar refractivity (Wildman–Crippen MR) is 120 cm³/mol. The molecule has 0 atom stereocenters. The first-order valence-corrected chi connectivity index (χ1v) is 10.7. The molecule has 0 aliphatic carbocycles. The minimum atomic E-state index is -0.737. The van der Waals surface area contributed by atoms with Gasteiger partial charge >= 0.3 is 0 Å². The van der Waals surface area contributed by atoms with Crippen molar-refractivity contribution in [2.75, 3.05) is 22.9 Å². The number of halogens is 1. The number of fused-ring (bicyclic) bond motifs is 1. The van der Waals surface area contributed by atoms with Gasteiger partial charge in [-0.2, -0.15) is 5.10 Å². The molecule has 2 aromatic carbocycles. The Labute approximate surface area is 189 Å². The summed E-state index contributed by atoms with van der Waals surface area (Å²) in [5.41, 5.74) is 9.58. The highest BCUT2D eigenvalue weighted by atomic mass is 19.1. The maximum atomic E-state index is 14.1. The van der Waals surface area contributed by atoms with Crippen LogP contribution in [0.5, 0.6) is 0 Å². The van der Waals surface area contributed by atoms with E-state index in [-0.39, 0.29) is 23.2 Å². The molecule has 3 aromatic rings. The van der Waals surface area contributed by atoms with Crippen molar-refractivity contribution in [1.29, 1.82) is 0 Å². The molecule has 2 N–H and O–H groups in total. The third-order valence-electron chi connectivity index (χ3n) is 6.15. The highest BCUT2D eigenvalue weighted by Crippen LogP contribution is 2.33. The van der Waals surface area contributed by atoms with E-state index in [1.54, 1.807) is 28.9 Å². The van der Waals surface area contributed by atoms with Crippen molar-refractivity contribution in [2.24, 2.45) is 5.73 Å². The van der Waals surface area contributed by atoms with E-state index in [0.29, 0.717) is 48.4 Å². The number of anilines is 2. The number of nitrogens with zero attached hydrogens (tertiary/aromatic N) is 4. The number of benzene rings is 2. The summed E-state index contributed by atoms with van der Waals surface area (Å²) in [5, 5.41) is 4.29. The van der Waals surface area contributed by atoms with Crippen molar-refractivity contribution < 1.29 is 18.8 Å². The second-order valence-electron chi connectivity index (χ2n) is 8.41. The molecular formula is C24H22FN5O3. The van der Waals surface area contributed by atoms with Crippen LogP contribution in [0.3, 0.4) is 0 Å². The molecule has 1 fully saturated rings. The van der Waals surface area contributed by atoms with Gasteiger partial charge in [-0.3, -0.25) is 14.4 Å². The van der Waals surface area contributed by atoms with Crippen LogP contribution in [0.2, 0.25) is 0 Å². The van der Waals surface area contributed by atoms with Crippen molar-refractivity contribution in [3.8, 4) is 5.69 Å². The van der Waals surface area contributed by atoms with Gasteiger partial charge in [0.2, 0.25) is 5.91 Å². The third kappa shape index (κ3) is 3.36. The van der Waals surface area contributed by atoms with Crippen LogP contribution in [0.1, 0.15) is 44.1 Å². The van der Waals surface area contributed by atoms with Crippen LogP contribution in [-0.4, -0.2) is 40.6 Å². The first-order valence-electron chi connectivity index (χ1n) is 10.7. The van der Waals surface area contributed by atoms with Crippen molar-refractivity contribution in [3.63, 3.8) is 0 Å². The van der Waals surface area contributed by atoms with Crippen molar-refractivity contribution in [2.45, 2.75) is 26.7 Å². The van der Waals surface area contributed by atoms with Crippen molar-refractivity contribution >= 4 is 29.1 Å². The van der Waals surface area contributed by atoms with Gasteiger partial charge in [-0.1, -0.05) is 0 Å². The van der Waals surface area contributed by atoms with Crippen molar-refractivity contribution in [1.82, 2.24) is 9.78 Å². The molecule has 0 spiro atoms. The molecule has 0 saturated carbocycles. The van der Waals surface area contributed by atoms with Gasteiger partial charge in [0, 0.05) is 36.4 Å². The van der Waals surface area contributed by atoms with Crippen LogP contribution in [0.25, 0.3) is 5.69 Å². The van der Waals surface area contributed by atoms with Gasteiger partial charge in [-0.05, 0) is 67.8 Å². The molecule has 5 rings (SSSR count). The highest BCUT2D eigenvalue weighted by Gasteiger charge is 2.35. The van der Waals surface area contributed by atoms with Crippen LogP contribution in [0, 0.1) is 19.7 Å². The number of carbonyl (C=O) groups excluding carboxylic acids is 3. The van der Waals surface area contributed by atoms with Crippen molar-refractivity contribution in [3.05, 3.63) is 70.3 Å². The molecule has 3 heterocycles. The van der Waals surface area contributed by atoms with Crippen LogP contribution in [-0.2, 0) is 11.2 Å². The van der Waals surface area contributed by atoms with E-state index in [0.717, 1.165) is 11.3 Å². The molecular weight excluding hydrogens is 425 g/mol. The number of rotatable bonds is 4. The van der Waals surface area contributed by atoms with E-state index in [1.165, 1.54) is 16.8 Å². The quantitative estimate of drug-likeness (QED) is 0.622. The lowest BCUT2D eigenvalue weighted by Gasteiger charge is -2.33. The summed E-state index contributed by atoms with van der Waals surface area (Å²) in [6.07, 6.45) is 0.916. The van der Waals surface area contributed by atoms with Gasteiger partial charge < -0.3 is 15.5 Å². The summed E-state index contributed by atoms with van der Waals surface area (Å²) in [5.74, 6) is -1.48. The fourth-order valence-electron chi connectivity index (χ4n) is 4.51. The zero-order valence-electron chi connectivity index (χ0n) is 18.3. The molecule has 1 saturated heterocycles. The summed E-state index contributed by atoms with van der Waals surface area (Å²) in [6.45, 7) is 4.66. The maximum absolute atomic E-state index is 14.1. The molecule has 8 nitrogen and oxygen atoms in total. The summed E-state index contributed by atoms with van der Waals surface area (Å²) < 4.78 is 15.4. The van der Waals surface area contributed by atoms with E-state index < -0.39 is 11.7 Å². The summed E-state index contributed by atoms with van der Waals surface area (Å²) in [7, 11) is 0. The lowest BCUT2D eigenvalue weighted by atomic mass is 10.0. The summed E-state index contributed by atoms with van der Waals surface area (Å²) in [4.78, 5) is 40.8. The molecule has 0 unspecified atom stereocenters. The van der Waals surface area contributed by atoms with E-state index >= 15 is 0 Å². The Kier molecular flexibility index (Phi) is 4.77. The Morgan fingerprint density at radius 2 is 1.76 bits per heavy atom. The SMILES string of the molecule is Cc1cc(F)cc(-n2nc(C(N)=O)c3c2C(=O)N(c2ccc(N4CCC4=O)c(C)c2)CC3)c1. The Morgan fingerprint density at radius 1 is 1.00 bits per heavy atom. The average molecular weight is 447 g/mol. The van der Waals surface area contributed by atoms with Crippen LogP contribution in [0.15, 0.2) is 36.4 Å². The standard InChI is InChI=1S/C24H22FN5O3/c1-13-9-15(25)12-17(10-13)30-22-18(21(27-30)23(26)32)5-7-28(24(22)33)16-3-4-19(14(2)11-16)29-8-6-20(29)31/h3-4,9-12H,5-8H2,1-2H3,(H2,26,32). The molecule has 9 heteroatoms. The van der Waals surface area contributed by atoms with E-state index in [4.69, 9.17) is 5.73 Å². The first-order chi connectivity index (χ1) is 15.7. The van der Waals surface area contributed by atoms with Gasteiger partial charge in [0.25, 0.3) is 11.8 Å². The van der Waals surface area contributed by atoms with Crippen LogP contribution >= 0.6 is 0 Å². The molecule has 168 valence electrons. The lowest BCUT2D eigenvalue weighted by molar-refractivity contribution is -0.122.